The van der Waals surface area contributed by atoms with Gasteiger partial charge in [0.05, 0.1) is 24.9 Å². The van der Waals surface area contributed by atoms with Crippen LogP contribution in [0, 0.1) is 0 Å². The number of quaternary nitrogens is 1. The zero-order valence-electron chi connectivity index (χ0n) is 23.7. The van der Waals surface area contributed by atoms with E-state index < -0.39 is 26.0 Å². The second-order valence-electron chi connectivity index (χ2n) is 11.3. The first-order valence-corrected chi connectivity index (χ1v) is 16.1. The largest absolute Gasteiger partial charge is 0.454 e. The molecule has 0 aliphatic carbocycles. The maximum atomic E-state index is 14.1. The highest BCUT2D eigenvalue weighted by Crippen LogP contribution is 2.50. The Morgan fingerprint density at radius 3 is 2.52 bits per heavy atom. The summed E-state index contributed by atoms with van der Waals surface area (Å²) >= 11 is 0. The summed E-state index contributed by atoms with van der Waals surface area (Å²) in [4.78, 5) is 14.1. The summed E-state index contributed by atoms with van der Waals surface area (Å²) < 4.78 is 43.6. The van der Waals surface area contributed by atoms with Crippen molar-refractivity contribution in [2.45, 2.75) is 37.5 Å². The van der Waals surface area contributed by atoms with Crippen LogP contribution < -0.4 is 29.5 Å². The minimum absolute atomic E-state index is 0.0474. The first kappa shape index (κ1) is 28.6. The van der Waals surface area contributed by atoms with Gasteiger partial charge in [-0.2, -0.15) is 13.8 Å². The zero-order valence-corrected chi connectivity index (χ0v) is 24.5. The molecule has 1 spiro atoms. The fourth-order valence-electron chi connectivity index (χ4n) is 6.29. The Kier molecular flexibility index (Phi) is 7.95. The molecule has 3 aromatic rings. The maximum absolute atomic E-state index is 14.1. The fourth-order valence-corrected chi connectivity index (χ4v) is 7.54. The maximum Gasteiger partial charge on any atom is 0.321 e. The van der Waals surface area contributed by atoms with E-state index in [1.165, 1.54) is 6.26 Å². The number of benzene rings is 3. The van der Waals surface area contributed by atoms with E-state index in [1.54, 1.807) is 0 Å². The van der Waals surface area contributed by atoms with Crippen LogP contribution in [0.5, 0.6) is 11.5 Å². The highest BCUT2D eigenvalue weighted by molar-refractivity contribution is 7.90. The number of piperidine rings is 1. The molecule has 0 saturated carbocycles. The number of ether oxygens (including phenoxy) is 3. The van der Waals surface area contributed by atoms with Gasteiger partial charge in [-0.1, -0.05) is 58.6 Å². The molecule has 1 amide bonds. The first-order chi connectivity index (χ1) is 20.3. The molecule has 11 heteroatoms. The van der Waals surface area contributed by atoms with E-state index in [-0.39, 0.29) is 25.4 Å². The van der Waals surface area contributed by atoms with Crippen molar-refractivity contribution in [1.29, 1.82) is 0 Å². The number of nitrogens with zero attached hydrogens (tertiary/aromatic N) is 1. The number of nitrogens with one attached hydrogen (secondary N) is 3. The van der Waals surface area contributed by atoms with Gasteiger partial charge in [-0.15, -0.1) is 0 Å². The molecule has 2 atom stereocenters. The topological polar surface area (TPSA) is 115 Å². The average molecular weight is 594 g/mol. The predicted molar refractivity (Wildman–Crippen MR) is 159 cm³/mol. The number of fused-ring (bicyclic) bond motifs is 3. The number of carbonyl (C=O) groups excluding carboxylic acids is 1. The standard InChI is InChI=1S/C31H36N4O6S/c1-42(37,38)35(21-31(13-15-32-16-14-31)25-9-5-6-10-27(25)35)34-30(36)26(20-39-19-23-7-3-2-4-8-23)33-18-24-11-12-28-29(17-24)41-22-40-28/h2-12,17,26,32-33H,13-16,18-22H2,1H3/p+1. The van der Waals surface area contributed by atoms with E-state index in [9.17, 15) is 13.2 Å². The molecule has 1 fully saturated rings. The van der Waals surface area contributed by atoms with Crippen LogP contribution in [0.25, 0.3) is 0 Å². The average Bonchev–Trinajstić information content (AvgIpc) is 3.57. The molecule has 1 saturated heterocycles. The quantitative estimate of drug-likeness (QED) is 0.308. The van der Waals surface area contributed by atoms with Gasteiger partial charge < -0.3 is 19.5 Å². The summed E-state index contributed by atoms with van der Waals surface area (Å²) in [5.74, 6) is 0.881. The Balaban J connectivity index is 1.27. The van der Waals surface area contributed by atoms with Crippen molar-refractivity contribution < 1.29 is 27.4 Å². The van der Waals surface area contributed by atoms with E-state index >= 15 is 0 Å². The molecule has 2 unspecified atom stereocenters. The number of para-hydroxylation sites is 1. The number of rotatable bonds is 10. The Bertz CT molecular complexity index is 1540. The Morgan fingerprint density at radius 2 is 1.74 bits per heavy atom. The van der Waals surface area contributed by atoms with Crippen molar-refractivity contribution in [2.24, 2.45) is 0 Å². The first-order valence-electron chi connectivity index (χ1n) is 14.2. The molecule has 3 heterocycles. The lowest BCUT2D eigenvalue weighted by atomic mass is 9.75. The fraction of sp³-hybridized carbons (Fsp3) is 0.387. The van der Waals surface area contributed by atoms with Crippen LogP contribution in [-0.2, 0) is 38.1 Å². The van der Waals surface area contributed by atoms with Gasteiger partial charge in [0.1, 0.15) is 12.6 Å². The van der Waals surface area contributed by atoms with Crippen molar-refractivity contribution in [3.8, 4) is 11.5 Å². The van der Waals surface area contributed by atoms with Crippen LogP contribution in [0.1, 0.15) is 29.5 Å². The molecular formula is C31H37N4O6S+. The van der Waals surface area contributed by atoms with Crippen LogP contribution >= 0.6 is 0 Å². The van der Waals surface area contributed by atoms with Crippen molar-refractivity contribution in [3.63, 3.8) is 0 Å². The molecule has 3 aromatic carbocycles. The highest BCUT2D eigenvalue weighted by atomic mass is 32.2. The third-order valence-corrected chi connectivity index (χ3v) is 10.1. The summed E-state index contributed by atoms with van der Waals surface area (Å²) in [6.07, 6.45) is 2.79. The molecule has 3 aliphatic heterocycles. The van der Waals surface area contributed by atoms with Crippen LogP contribution in [0.15, 0.2) is 72.8 Å². The minimum atomic E-state index is -3.83. The SMILES string of the molecule is CS(=O)(=O)[N+]1(NC(=O)C(COCc2ccccc2)NCc2ccc3c(c2)OCO3)CC2(CCNCC2)c2ccccc21. The van der Waals surface area contributed by atoms with E-state index in [4.69, 9.17) is 14.2 Å². The predicted octanol–water partition coefficient (Wildman–Crippen LogP) is 2.72. The van der Waals surface area contributed by atoms with Gasteiger partial charge >= 0.3 is 10.0 Å². The molecule has 3 aliphatic rings. The lowest BCUT2D eigenvalue weighted by Gasteiger charge is -2.36. The number of hydrogen-bond donors (Lipinski definition) is 3. The Hall–Kier alpha value is -3.48. The summed E-state index contributed by atoms with van der Waals surface area (Å²) in [6.45, 7) is 2.72. The molecule has 0 radical (unpaired) electrons. The summed E-state index contributed by atoms with van der Waals surface area (Å²) in [5.41, 5.74) is 6.11. The molecule has 0 aromatic heterocycles. The van der Waals surface area contributed by atoms with E-state index in [0.717, 1.165) is 42.6 Å². The van der Waals surface area contributed by atoms with Crippen molar-refractivity contribution in [3.05, 3.63) is 89.5 Å². The highest BCUT2D eigenvalue weighted by Gasteiger charge is 2.60. The van der Waals surface area contributed by atoms with Crippen molar-refractivity contribution in [2.75, 3.05) is 39.3 Å². The zero-order chi connectivity index (χ0) is 29.2. The number of carbonyl (C=O) groups is 1. The van der Waals surface area contributed by atoms with Gasteiger partial charge in [0, 0.05) is 18.2 Å². The second-order valence-corrected chi connectivity index (χ2v) is 13.4. The Labute approximate surface area is 246 Å². The molecular weight excluding hydrogens is 556 g/mol. The van der Waals surface area contributed by atoms with E-state index in [0.29, 0.717) is 30.3 Å². The smallest absolute Gasteiger partial charge is 0.321 e. The van der Waals surface area contributed by atoms with Crippen molar-refractivity contribution >= 4 is 21.6 Å². The Morgan fingerprint density at radius 1 is 1.00 bits per heavy atom. The van der Waals surface area contributed by atoms with Crippen LogP contribution in [0.2, 0.25) is 0 Å². The second kappa shape index (κ2) is 11.7. The van der Waals surface area contributed by atoms with Crippen LogP contribution in [-0.4, -0.2) is 59.7 Å². The van der Waals surface area contributed by atoms with Crippen LogP contribution in [0.4, 0.5) is 5.69 Å². The summed E-state index contributed by atoms with van der Waals surface area (Å²) in [5, 5.41) is 6.69. The minimum Gasteiger partial charge on any atom is -0.454 e. The monoisotopic (exact) mass is 593 g/mol. The molecule has 10 nitrogen and oxygen atoms in total. The van der Waals surface area contributed by atoms with Crippen molar-refractivity contribution in [1.82, 2.24) is 20.1 Å². The third kappa shape index (κ3) is 5.50. The van der Waals surface area contributed by atoms with Gasteiger partial charge in [0.25, 0.3) is 5.91 Å². The van der Waals surface area contributed by atoms with Crippen LogP contribution in [0.3, 0.4) is 0 Å². The number of hydrogen-bond acceptors (Lipinski definition) is 8. The molecule has 0 bridgehead atoms. The van der Waals surface area contributed by atoms with Gasteiger partial charge in [-0.25, -0.2) is 0 Å². The number of amides is 1. The molecule has 222 valence electrons. The molecule has 6 rings (SSSR count). The molecule has 42 heavy (non-hydrogen) atoms. The lowest BCUT2D eigenvalue weighted by Crippen LogP contribution is -2.68. The normalized spacial score (nSPS) is 21.2. The van der Waals surface area contributed by atoms with E-state index in [2.05, 4.69) is 16.1 Å². The number of sulfonamides is 1. The third-order valence-electron chi connectivity index (χ3n) is 8.51. The van der Waals surface area contributed by atoms with Gasteiger partial charge in [0.15, 0.2) is 17.2 Å². The van der Waals surface area contributed by atoms with E-state index in [1.807, 2.05) is 72.8 Å². The lowest BCUT2D eigenvalue weighted by molar-refractivity contribution is -0.127. The van der Waals surface area contributed by atoms with Gasteiger partial charge in [0.2, 0.25) is 6.79 Å². The summed E-state index contributed by atoms with van der Waals surface area (Å²) in [6, 6.07) is 22.1. The molecule has 3 N–H and O–H groups in total. The summed E-state index contributed by atoms with van der Waals surface area (Å²) in [7, 11) is -3.83. The van der Waals surface area contributed by atoms with Gasteiger partial charge in [-0.3, -0.25) is 10.1 Å². The van der Waals surface area contributed by atoms with Gasteiger partial charge in [-0.05, 0) is 49.2 Å².